The second-order valence-corrected chi connectivity index (χ2v) is 5.03. The molecule has 1 unspecified atom stereocenters. The Kier molecular flexibility index (Phi) is 3.51. The van der Waals surface area contributed by atoms with Crippen molar-refractivity contribution in [2.75, 3.05) is 6.54 Å². The molecule has 4 heteroatoms. The first-order valence-electron chi connectivity index (χ1n) is 6.80. The Balaban J connectivity index is 1.84. The van der Waals surface area contributed by atoms with E-state index >= 15 is 0 Å². The molecule has 0 bridgehead atoms. The van der Waals surface area contributed by atoms with Gasteiger partial charge in [0.25, 0.3) is 0 Å². The molecule has 1 aliphatic rings. The predicted molar refractivity (Wildman–Crippen MR) is 72.9 cm³/mol. The second-order valence-electron chi connectivity index (χ2n) is 5.03. The van der Waals surface area contributed by atoms with Crippen molar-refractivity contribution < 1.29 is 9.63 Å². The summed E-state index contributed by atoms with van der Waals surface area (Å²) in [5.41, 5.74) is 1.68. The molecule has 19 heavy (non-hydrogen) atoms. The van der Waals surface area contributed by atoms with E-state index in [2.05, 4.69) is 10.5 Å². The molecular weight excluding hydrogens is 240 g/mol. The van der Waals surface area contributed by atoms with Crippen LogP contribution in [0.1, 0.15) is 25.0 Å². The highest BCUT2D eigenvalue weighted by Gasteiger charge is 2.19. The molecule has 0 saturated carbocycles. The molecule has 100 valence electrons. The van der Waals surface area contributed by atoms with Crippen molar-refractivity contribution in [2.45, 2.75) is 31.7 Å². The van der Waals surface area contributed by atoms with Gasteiger partial charge in [-0.15, -0.1) is 0 Å². The van der Waals surface area contributed by atoms with Crippen molar-refractivity contribution in [2.24, 2.45) is 0 Å². The van der Waals surface area contributed by atoms with E-state index in [1.54, 1.807) is 12.3 Å². The van der Waals surface area contributed by atoms with E-state index in [1.165, 1.54) is 19.3 Å². The van der Waals surface area contributed by atoms with Gasteiger partial charge in [-0.1, -0.05) is 29.8 Å². The molecule has 1 saturated heterocycles. The summed E-state index contributed by atoms with van der Waals surface area (Å²) < 4.78 is 5.38. The number of rotatable bonds is 3. The molecule has 2 heterocycles. The number of hydrogen-bond acceptors (Lipinski definition) is 4. The number of phenols is 1. The van der Waals surface area contributed by atoms with Gasteiger partial charge in [0.2, 0.25) is 0 Å². The molecule has 0 amide bonds. The SMILES string of the molecule is Oc1ccccc1-c1cnoc1CC1CCCCN1. The van der Waals surface area contributed by atoms with Crippen LogP contribution in [-0.2, 0) is 6.42 Å². The van der Waals surface area contributed by atoms with E-state index in [0.717, 1.165) is 29.9 Å². The molecule has 1 atom stereocenters. The monoisotopic (exact) mass is 258 g/mol. The zero-order valence-electron chi connectivity index (χ0n) is 10.8. The highest BCUT2D eigenvalue weighted by molar-refractivity contribution is 5.70. The van der Waals surface area contributed by atoms with Gasteiger partial charge in [0.1, 0.15) is 11.5 Å². The van der Waals surface area contributed by atoms with Crippen LogP contribution in [0.4, 0.5) is 0 Å². The topological polar surface area (TPSA) is 58.3 Å². The fourth-order valence-corrected chi connectivity index (χ4v) is 2.65. The first-order valence-corrected chi connectivity index (χ1v) is 6.80. The minimum atomic E-state index is 0.267. The molecule has 4 nitrogen and oxygen atoms in total. The van der Waals surface area contributed by atoms with Crippen molar-refractivity contribution in [1.29, 1.82) is 0 Å². The number of piperidine rings is 1. The quantitative estimate of drug-likeness (QED) is 0.888. The zero-order chi connectivity index (χ0) is 13.1. The van der Waals surface area contributed by atoms with E-state index in [1.807, 2.05) is 18.2 Å². The van der Waals surface area contributed by atoms with Crippen molar-refractivity contribution in [1.82, 2.24) is 10.5 Å². The van der Waals surface area contributed by atoms with Gasteiger partial charge in [-0.05, 0) is 25.5 Å². The number of phenolic OH excluding ortho intramolecular Hbond substituents is 1. The summed E-state index contributed by atoms with van der Waals surface area (Å²) in [4.78, 5) is 0. The van der Waals surface area contributed by atoms with Crippen LogP contribution < -0.4 is 5.32 Å². The van der Waals surface area contributed by atoms with Gasteiger partial charge < -0.3 is 14.9 Å². The summed E-state index contributed by atoms with van der Waals surface area (Å²) in [5, 5.41) is 17.3. The van der Waals surface area contributed by atoms with Gasteiger partial charge in [-0.2, -0.15) is 0 Å². The maximum Gasteiger partial charge on any atom is 0.146 e. The Hall–Kier alpha value is -1.81. The maximum absolute atomic E-state index is 9.93. The highest BCUT2D eigenvalue weighted by atomic mass is 16.5. The van der Waals surface area contributed by atoms with Gasteiger partial charge >= 0.3 is 0 Å². The van der Waals surface area contributed by atoms with Crippen molar-refractivity contribution in [3.8, 4) is 16.9 Å². The molecule has 1 aromatic heterocycles. The van der Waals surface area contributed by atoms with Gasteiger partial charge in [0.15, 0.2) is 0 Å². The van der Waals surface area contributed by atoms with E-state index < -0.39 is 0 Å². The third-order valence-corrected chi connectivity index (χ3v) is 3.68. The standard InChI is InChI=1S/C15H18N2O2/c18-14-7-2-1-6-12(14)13-10-17-19-15(13)9-11-5-3-4-8-16-11/h1-2,6-7,10-11,16,18H,3-5,8-9H2. The fraction of sp³-hybridized carbons (Fsp3) is 0.400. The Morgan fingerprint density at radius 3 is 2.95 bits per heavy atom. The first kappa shape index (κ1) is 12.2. The number of aromatic hydroxyl groups is 1. The lowest BCUT2D eigenvalue weighted by atomic mass is 9.97. The molecule has 0 radical (unpaired) electrons. The van der Waals surface area contributed by atoms with Crippen LogP contribution in [0.15, 0.2) is 35.0 Å². The molecular formula is C15H18N2O2. The average molecular weight is 258 g/mol. The van der Waals surface area contributed by atoms with E-state index in [0.29, 0.717) is 6.04 Å². The molecule has 1 fully saturated rings. The minimum absolute atomic E-state index is 0.267. The lowest BCUT2D eigenvalue weighted by molar-refractivity contribution is 0.337. The van der Waals surface area contributed by atoms with Crippen LogP contribution in [0.5, 0.6) is 5.75 Å². The number of para-hydroxylation sites is 1. The second kappa shape index (κ2) is 5.45. The van der Waals surface area contributed by atoms with E-state index in [4.69, 9.17) is 4.52 Å². The van der Waals surface area contributed by atoms with E-state index in [9.17, 15) is 5.11 Å². The smallest absolute Gasteiger partial charge is 0.146 e. The highest BCUT2D eigenvalue weighted by Crippen LogP contribution is 2.32. The van der Waals surface area contributed by atoms with Crippen LogP contribution in [0, 0.1) is 0 Å². The molecule has 1 aromatic carbocycles. The zero-order valence-corrected chi connectivity index (χ0v) is 10.8. The summed E-state index contributed by atoms with van der Waals surface area (Å²) in [6.45, 7) is 1.07. The van der Waals surface area contributed by atoms with Crippen LogP contribution >= 0.6 is 0 Å². The predicted octanol–water partition coefficient (Wildman–Crippen LogP) is 2.73. The van der Waals surface area contributed by atoms with Gasteiger partial charge in [0.05, 0.1) is 6.20 Å². The molecule has 0 aliphatic carbocycles. The number of aromatic nitrogens is 1. The van der Waals surface area contributed by atoms with Gasteiger partial charge in [-0.3, -0.25) is 0 Å². The third kappa shape index (κ3) is 2.63. The first-order chi connectivity index (χ1) is 9.34. The van der Waals surface area contributed by atoms with Crippen molar-refractivity contribution >= 4 is 0 Å². The van der Waals surface area contributed by atoms with Crippen LogP contribution in [0.25, 0.3) is 11.1 Å². The van der Waals surface area contributed by atoms with Crippen LogP contribution in [-0.4, -0.2) is 22.8 Å². The van der Waals surface area contributed by atoms with Gasteiger partial charge in [-0.25, -0.2) is 0 Å². The molecule has 3 rings (SSSR count). The van der Waals surface area contributed by atoms with Gasteiger partial charge in [0, 0.05) is 23.6 Å². The Labute approximate surface area is 112 Å². The molecule has 2 aromatic rings. The van der Waals surface area contributed by atoms with Crippen molar-refractivity contribution in [3.05, 3.63) is 36.2 Å². The summed E-state index contributed by atoms with van der Waals surface area (Å²) in [6.07, 6.45) is 6.19. The molecule has 2 N–H and O–H groups in total. The third-order valence-electron chi connectivity index (χ3n) is 3.68. The number of nitrogens with zero attached hydrogens (tertiary/aromatic N) is 1. The van der Waals surface area contributed by atoms with Crippen LogP contribution in [0.2, 0.25) is 0 Å². The maximum atomic E-state index is 9.93. The number of nitrogens with one attached hydrogen (secondary N) is 1. The summed E-state index contributed by atoms with van der Waals surface area (Å²) in [6, 6.07) is 7.75. The number of hydrogen-bond donors (Lipinski definition) is 2. The summed E-state index contributed by atoms with van der Waals surface area (Å²) in [5.74, 6) is 1.12. The van der Waals surface area contributed by atoms with Crippen LogP contribution in [0.3, 0.4) is 0 Å². The Morgan fingerprint density at radius 2 is 2.16 bits per heavy atom. The average Bonchev–Trinajstić information content (AvgIpc) is 2.88. The Bertz CT molecular complexity index is 545. The summed E-state index contributed by atoms with van der Waals surface area (Å²) >= 11 is 0. The largest absolute Gasteiger partial charge is 0.507 e. The lowest BCUT2D eigenvalue weighted by Gasteiger charge is -2.22. The fourth-order valence-electron chi connectivity index (χ4n) is 2.65. The Morgan fingerprint density at radius 1 is 1.26 bits per heavy atom. The minimum Gasteiger partial charge on any atom is -0.507 e. The molecule has 1 aliphatic heterocycles. The van der Waals surface area contributed by atoms with Crippen molar-refractivity contribution in [3.63, 3.8) is 0 Å². The number of benzene rings is 1. The normalized spacial score (nSPS) is 19.5. The molecule has 0 spiro atoms. The summed E-state index contributed by atoms with van der Waals surface area (Å²) in [7, 11) is 0. The lowest BCUT2D eigenvalue weighted by Crippen LogP contribution is -2.35. The van der Waals surface area contributed by atoms with E-state index in [-0.39, 0.29) is 5.75 Å².